The van der Waals surface area contributed by atoms with Crippen molar-refractivity contribution in [3.63, 3.8) is 0 Å². The molecular formula is C13H15F2N. The molecule has 0 saturated heterocycles. The first-order chi connectivity index (χ1) is 7.66. The zero-order chi connectivity index (χ0) is 11.2. The van der Waals surface area contributed by atoms with Crippen molar-refractivity contribution >= 4 is 0 Å². The normalized spacial score (nSPS) is 22.4. The molecule has 86 valence electrons. The van der Waals surface area contributed by atoms with E-state index in [1.165, 1.54) is 11.1 Å². The van der Waals surface area contributed by atoms with Crippen LogP contribution in [0.4, 0.5) is 8.78 Å². The highest BCUT2D eigenvalue weighted by molar-refractivity contribution is 5.46. The second kappa shape index (κ2) is 3.52. The Morgan fingerprint density at radius 2 is 1.69 bits per heavy atom. The van der Waals surface area contributed by atoms with Crippen LogP contribution in [0.3, 0.4) is 0 Å². The summed E-state index contributed by atoms with van der Waals surface area (Å²) in [5, 5.41) is 3.32. The average molecular weight is 223 g/mol. The van der Waals surface area contributed by atoms with Gasteiger partial charge in [0.05, 0.1) is 0 Å². The van der Waals surface area contributed by atoms with E-state index in [4.69, 9.17) is 0 Å². The molecule has 1 aromatic carbocycles. The van der Waals surface area contributed by atoms with Crippen LogP contribution in [-0.2, 0) is 25.7 Å². The van der Waals surface area contributed by atoms with E-state index in [1.54, 1.807) is 0 Å². The number of hydrogen-bond donors (Lipinski definition) is 1. The van der Waals surface area contributed by atoms with E-state index < -0.39 is 5.92 Å². The summed E-state index contributed by atoms with van der Waals surface area (Å²) in [6.07, 6.45) is 1.75. The Balaban J connectivity index is 2.07. The molecule has 0 unspecified atom stereocenters. The fraction of sp³-hybridized carbons (Fsp3) is 0.538. The van der Waals surface area contributed by atoms with Crippen LogP contribution in [0.2, 0.25) is 0 Å². The average Bonchev–Trinajstić information content (AvgIpc) is 2.44. The highest BCUT2D eigenvalue weighted by Crippen LogP contribution is 2.37. The highest BCUT2D eigenvalue weighted by atomic mass is 19.3. The summed E-state index contributed by atoms with van der Waals surface area (Å²) >= 11 is 0. The minimum Gasteiger partial charge on any atom is -0.316 e. The Morgan fingerprint density at radius 3 is 2.56 bits per heavy atom. The first-order valence-corrected chi connectivity index (χ1v) is 5.87. The van der Waals surface area contributed by atoms with Gasteiger partial charge in [0.15, 0.2) is 0 Å². The predicted molar refractivity (Wildman–Crippen MR) is 59.1 cm³/mol. The molecule has 0 bridgehead atoms. The first-order valence-electron chi connectivity index (χ1n) is 5.87. The molecule has 1 N–H and O–H groups in total. The molecule has 16 heavy (non-hydrogen) atoms. The van der Waals surface area contributed by atoms with Gasteiger partial charge in [0.1, 0.15) is 0 Å². The lowest BCUT2D eigenvalue weighted by molar-refractivity contribution is 0.0129. The monoisotopic (exact) mass is 223 g/mol. The molecule has 1 aromatic rings. The first kappa shape index (κ1) is 10.2. The third-order valence-electron chi connectivity index (χ3n) is 3.63. The van der Waals surface area contributed by atoms with Crippen molar-refractivity contribution in [1.29, 1.82) is 0 Å². The summed E-state index contributed by atoms with van der Waals surface area (Å²) in [4.78, 5) is 0. The highest BCUT2D eigenvalue weighted by Gasteiger charge is 2.38. The third kappa shape index (κ3) is 1.63. The zero-order valence-electron chi connectivity index (χ0n) is 9.15. The van der Waals surface area contributed by atoms with E-state index in [0.29, 0.717) is 0 Å². The number of alkyl halides is 2. The summed E-state index contributed by atoms with van der Waals surface area (Å²) in [5.41, 5.74) is 4.26. The number of halogens is 2. The maximum atomic E-state index is 13.4. The summed E-state index contributed by atoms with van der Waals surface area (Å²) in [7, 11) is 0. The Hall–Kier alpha value is -0.960. The van der Waals surface area contributed by atoms with Crippen molar-refractivity contribution in [2.45, 2.75) is 31.6 Å². The van der Waals surface area contributed by atoms with Crippen LogP contribution in [0.15, 0.2) is 12.1 Å². The molecule has 3 rings (SSSR count). The summed E-state index contributed by atoms with van der Waals surface area (Å²) in [6.45, 7) is 1.87. The van der Waals surface area contributed by atoms with Crippen LogP contribution in [0, 0.1) is 0 Å². The van der Waals surface area contributed by atoms with E-state index >= 15 is 0 Å². The molecule has 0 saturated carbocycles. The molecular weight excluding hydrogens is 208 g/mol. The van der Waals surface area contributed by atoms with Gasteiger partial charge in [-0.1, -0.05) is 12.1 Å². The Labute approximate surface area is 93.9 Å². The number of benzene rings is 1. The van der Waals surface area contributed by atoms with Crippen LogP contribution < -0.4 is 5.32 Å². The second-order valence-corrected chi connectivity index (χ2v) is 4.80. The van der Waals surface area contributed by atoms with Gasteiger partial charge in [0, 0.05) is 12.8 Å². The van der Waals surface area contributed by atoms with E-state index in [-0.39, 0.29) is 12.8 Å². The summed E-state index contributed by atoms with van der Waals surface area (Å²) in [5.74, 6) is -2.52. The van der Waals surface area contributed by atoms with Crippen molar-refractivity contribution in [3.8, 4) is 0 Å². The molecule has 3 heteroatoms. The molecule has 2 aliphatic rings. The minimum absolute atomic E-state index is 0.0501. The second-order valence-electron chi connectivity index (χ2n) is 4.80. The summed E-state index contributed by atoms with van der Waals surface area (Å²) < 4.78 is 26.8. The van der Waals surface area contributed by atoms with Gasteiger partial charge in [0.2, 0.25) is 0 Å². The molecule has 0 radical (unpaired) electrons. The van der Waals surface area contributed by atoms with Gasteiger partial charge >= 0.3 is 0 Å². The lowest BCUT2D eigenvalue weighted by Crippen LogP contribution is -2.16. The van der Waals surface area contributed by atoms with Gasteiger partial charge in [-0.3, -0.25) is 0 Å². The Morgan fingerprint density at radius 1 is 0.938 bits per heavy atom. The largest absolute Gasteiger partial charge is 0.316 e. The van der Waals surface area contributed by atoms with E-state index in [2.05, 4.69) is 5.32 Å². The molecule has 1 nitrogen and oxygen atoms in total. The van der Waals surface area contributed by atoms with Gasteiger partial charge in [-0.25, -0.2) is 8.78 Å². The van der Waals surface area contributed by atoms with Crippen LogP contribution in [0.1, 0.15) is 22.3 Å². The molecule has 0 amide bonds. The van der Waals surface area contributed by atoms with Gasteiger partial charge in [-0.05, 0) is 48.2 Å². The van der Waals surface area contributed by atoms with Crippen molar-refractivity contribution in [2.75, 3.05) is 13.1 Å². The van der Waals surface area contributed by atoms with Crippen LogP contribution in [0.5, 0.6) is 0 Å². The molecule has 1 aliphatic heterocycles. The number of hydrogen-bond acceptors (Lipinski definition) is 1. The van der Waals surface area contributed by atoms with Gasteiger partial charge in [-0.15, -0.1) is 0 Å². The smallest absolute Gasteiger partial charge is 0.256 e. The van der Waals surface area contributed by atoms with Crippen molar-refractivity contribution in [1.82, 2.24) is 5.32 Å². The van der Waals surface area contributed by atoms with Gasteiger partial charge in [-0.2, -0.15) is 0 Å². The number of nitrogens with one attached hydrogen (secondary N) is 1. The van der Waals surface area contributed by atoms with Crippen LogP contribution >= 0.6 is 0 Å². The van der Waals surface area contributed by atoms with Gasteiger partial charge < -0.3 is 5.32 Å². The Bertz CT molecular complexity index is 426. The minimum atomic E-state index is -2.52. The molecule has 0 spiro atoms. The lowest BCUT2D eigenvalue weighted by Gasteiger charge is -2.11. The maximum absolute atomic E-state index is 13.4. The maximum Gasteiger partial charge on any atom is 0.256 e. The fourth-order valence-electron chi connectivity index (χ4n) is 2.88. The number of rotatable bonds is 0. The standard InChI is InChI=1S/C13H15F2N/c14-13(15)7-10-2-1-9-3-5-16-6-4-11(9)12(10)8-13/h1-2,16H,3-8H2. The number of fused-ring (bicyclic) bond motifs is 3. The molecule has 0 atom stereocenters. The quantitative estimate of drug-likeness (QED) is 0.710. The third-order valence-corrected chi connectivity index (χ3v) is 3.63. The molecule has 1 heterocycles. The van der Waals surface area contributed by atoms with Crippen LogP contribution in [0.25, 0.3) is 0 Å². The lowest BCUT2D eigenvalue weighted by atomic mass is 9.94. The van der Waals surface area contributed by atoms with Crippen LogP contribution in [-0.4, -0.2) is 19.0 Å². The predicted octanol–water partition coefficient (Wildman–Crippen LogP) is 2.11. The Kier molecular flexibility index (Phi) is 2.25. The topological polar surface area (TPSA) is 12.0 Å². The van der Waals surface area contributed by atoms with Gasteiger partial charge in [0.25, 0.3) is 5.92 Å². The molecule has 1 aliphatic carbocycles. The summed E-state index contributed by atoms with van der Waals surface area (Å²) in [6, 6.07) is 3.95. The molecule has 0 fully saturated rings. The van der Waals surface area contributed by atoms with Crippen molar-refractivity contribution < 1.29 is 8.78 Å². The van der Waals surface area contributed by atoms with Crippen molar-refractivity contribution in [2.24, 2.45) is 0 Å². The fourth-order valence-corrected chi connectivity index (χ4v) is 2.88. The van der Waals surface area contributed by atoms with E-state index in [9.17, 15) is 8.78 Å². The molecule has 0 aromatic heterocycles. The van der Waals surface area contributed by atoms with Crippen molar-refractivity contribution in [3.05, 3.63) is 34.4 Å². The zero-order valence-corrected chi connectivity index (χ0v) is 9.15. The SMILES string of the molecule is FC1(F)Cc2ccc3c(c2C1)CCNCC3. The van der Waals surface area contributed by atoms with E-state index in [1.807, 2.05) is 12.1 Å². The van der Waals surface area contributed by atoms with E-state index in [0.717, 1.165) is 37.1 Å².